The van der Waals surface area contributed by atoms with E-state index in [1.54, 1.807) is 17.9 Å². The number of fused-ring (bicyclic) bond motifs is 1. The lowest BCUT2D eigenvalue weighted by Gasteiger charge is -2.18. The van der Waals surface area contributed by atoms with Gasteiger partial charge in [-0.2, -0.15) is 0 Å². The quantitative estimate of drug-likeness (QED) is 0.561. The molecule has 10 heteroatoms. The van der Waals surface area contributed by atoms with Gasteiger partial charge in [-0.05, 0) is 69.6 Å². The van der Waals surface area contributed by atoms with Crippen molar-refractivity contribution in [2.24, 2.45) is 24.8 Å². The predicted molar refractivity (Wildman–Crippen MR) is 121 cm³/mol. The van der Waals surface area contributed by atoms with Crippen LogP contribution in [0.1, 0.15) is 42.8 Å². The number of aryl methyl sites for hydroxylation is 3. The average molecular weight is 465 g/mol. The predicted octanol–water partition coefficient (Wildman–Crippen LogP) is 3.13. The molecular formula is C24H28N6O4. The first-order valence-electron chi connectivity index (χ1n) is 11.6. The first kappa shape index (κ1) is 22.2. The minimum Gasteiger partial charge on any atom is -0.489 e. The number of carbonyl (C=O) groups is 1. The summed E-state index contributed by atoms with van der Waals surface area (Å²) in [5, 5.41) is 17.9. The zero-order valence-electron chi connectivity index (χ0n) is 19.5. The van der Waals surface area contributed by atoms with Gasteiger partial charge in [-0.1, -0.05) is 5.21 Å². The van der Waals surface area contributed by atoms with Crippen LogP contribution in [0.2, 0.25) is 0 Å². The number of rotatable bonds is 7. The molecule has 2 aliphatic carbocycles. The molecule has 1 N–H and O–H groups in total. The van der Waals surface area contributed by atoms with Gasteiger partial charge in [0.2, 0.25) is 0 Å². The molecule has 3 aromatic rings. The highest BCUT2D eigenvalue weighted by Gasteiger charge is 2.47. The molecule has 0 saturated heterocycles. The van der Waals surface area contributed by atoms with Crippen molar-refractivity contribution in [3.8, 4) is 23.1 Å². The molecule has 34 heavy (non-hydrogen) atoms. The number of carboxylic acids is 1. The molecule has 2 fully saturated rings. The Labute approximate surface area is 197 Å². The van der Waals surface area contributed by atoms with Crippen molar-refractivity contribution in [1.29, 1.82) is 0 Å². The van der Waals surface area contributed by atoms with Crippen LogP contribution in [0.25, 0.3) is 11.4 Å². The van der Waals surface area contributed by atoms with Gasteiger partial charge in [-0.15, -0.1) is 5.10 Å². The van der Waals surface area contributed by atoms with Crippen LogP contribution in [-0.4, -0.2) is 47.1 Å². The van der Waals surface area contributed by atoms with Crippen LogP contribution < -0.4 is 9.47 Å². The van der Waals surface area contributed by atoms with E-state index in [9.17, 15) is 9.90 Å². The molecule has 0 bridgehead atoms. The normalized spacial score (nSPS) is 23.6. The molecule has 0 spiro atoms. The summed E-state index contributed by atoms with van der Waals surface area (Å²) in [4.78, 5) is 24.6. The summed E-state index contributed by atoms with van der Waals surface area (Å²) in [5.41, 5.74) is 3.64. The molecule has 0 unspecified atom stereocenters. The van der Waals surface area contributed by atoms with Crippen molar-refractivity contribution in [3.05, 3.63) is 41.5 Å². The Kier molecular flexibility index (Phi) is 5.89. The second-order valence-electron chi connectivity index (χ2n) is 9.21. The third kappa shape index (κ3) is 4.32. The molecule has 2 aliphatic rings. The van der Waals surface area contributed by atoms with Crippen molar-refractivity contribution >= 4 is 5.97 Å². The molecule has 0 radical (unpaired) electrons. The van der Waals surface area contributed by atoms with Gasteiger partial charge in [0.1, 0.15) is 23.7 Å². The van der Waals surface area contributed by atoms with E-state index in [-0.39, 0.29) is 24.5 Å². The number of hydrogen-bond donors (Lipinski definition) is 1. The number of hydrogen-bond acceptors (Lipinski definition) is 8. The van der Waals surface area contributed by atoms with Crippen molar-refractivity contribution in [3.63, 3.8) is 0 Å². The molecule has 0 amide bonds. The van der Waals surface area contributed by atoms with Gasteiger partial charge in [0.15, 0.2) is 0 Å². The molecule has 3 heterocycles. The van der Waals surface area contributed by atoms with Crippen LogP contribution in [0.3, 0.4) is 0 Å². The average Bonchev–Trinajstić information content (AvgIpc) is 3.48. The SMILES string of the molecule is Cc1ccnc(OCc2c(-c3ccc(O[C@H]4C[C@@H]5CC[C@@H](C(=O)O)[C@@H]5C4)c(C)n3)nnn2C)n1. The maximum Gasteiger partial charge on any atom is 0.316 e. The fraction of sp³-hybridized carbons (Fsp3) is 0.500. The van der Waals surface area contributed by atoms with E-state index in [1.807, 2.05) is 32.0 Å². The molecule has 3 aromatic heterocycles. The van der Waals surface area contributed by atoms with E-state index in [2.05, 4.69) is 20.3 Å². The standard InChI is InChI=1S/C24H28N6O4/c1-13-8-9-25-24(26-13)33-12-20-22(28-29-30(20)3)19-6-7-21(14(2)27-19)34-16-10-15-4-5-17(23(31)32)18(15)11-16/h6-9,15-18H,4-5,10-12H2,1-3H3,(H,31,32)/t15-,16-,17+,18+/m0/s1. The van der Waals surface area contributed by atoms with E-state index >= 15 is 0 Å². The topological polar surface area (TPSA) is 125 Å². The lowest BCUT2D eigenvalue weighted by Crippen LogP contribution is -2.21. The number of carboxylic acid groups (broad SMARTS) is 1. The van der Waals surface area contributed by atoms with E-state index in [0.29, 0.717) is 23.3 Å². The molecule has 2 saturated carbocycles. The van der Waals surface area contributed by atoms with Gasteiger partial charge in [-0.25, -0.2) is 19.6 Å². The minimum absolute atomic E-state index is 0.0262. The van der Waals surface area contributed by atoms with Gasteiger partial charge in [0.05, 0.1) is 23.4 Å². The Bertz CT molecular complexity index is 1210. The van der Waals surface area contributed by atoms with Crippen molar-refractivity contribution in [1.82, 2.24) is 29.9 Å². The largest absolute Gasteiger partial charge is 0.489 e. The van der Waals surface area contributed by atoms with Crippen LogP contribution in [0.5, 0.6) is 11.8 Å². The summed E-state index contributed by atoms with van der Waals surface area (Å²) in [5.74, 6) is 0.471. The highest BCUT2D eigenvalue weighted by molar-refractivity contribution is 5.71. The zero-order chi connectivity index (χ0) is 23.8. The Hall–Kier alpha value is -3.56. The number of pyridine rings is 1. The lowest BCUT2D eigenvalue weighted by atomic mass is 9.92. The molecule has 0 aliphatic heterocycles. The summed E-state index contributed by atoms with van der Waals surface area (Å²) in [7, 11) is 1.80. The van der Waals surface area contributed by atoms with Crippen LogP contribution in [0.15, 0.2) is 24.4 Å². The van der Waals surface area contributed by atoms with Crippen LogP contribution >= 0.6 is 0 Å². The molecule has 5 rings (SSSR count). The smallest absolute Gasteiger partial charge is 0.316 e. The first-order chi connectivity index (χ1) is 16.4. The Morgan fingerprint density at radius 2 is 2.03 bits per heavy atom. The molecule has 178 valence electrons. The first-order valence-corrected chi connectivity index (χ1v) is 11.6. The highest BCUT2D eigenvalue weighted by Crippen LogP contribution is 2.48. The van der Waals surface area contributed by atoms with Crippen molar-refractivity contribution < 1.29 is 19.4 Å². The highest BCUT2D eigenvalue weighted by atomic mass is 16.5. The third-order valence-electron chi connectivity index (χ3n) is 7.02. The Morgan fingerprint density at radius 1 is 1.18 bits per heavy atom. The molecule has 0 aromatic carbocycles. The monoisotopic (exact) mass is 464 g/mol. The Morgan fingerprint density at radius 3 is 2.79 bits per heavy atom. The summed E-state index contributed by atoms with van der Waals surface area (Å²) >= 11 is 0. The van der Waals surface area contributed by atoms with E-state index in [4.69, 9.17) is 14.5 Å². The molecule has 10 nitrogen and oxygen atoms in total. The summed E-state index contributed by atoms with van der Waals surface area (Å²) in [6.45, 7) is 3.99. The van der Waals surface area contributed by atoms with Gasteiger partial charge < -0.3 is 14.6 Å². The van der Waals surface area contributed by atoms with Crippen LogP contribution in [0.4, 0.5) is 0 Å². The number of nitrogens with zero attached hydrogens (tertiary/aromatic N) is 6. The fourth-order valence-corrected chi connectivity index (χ4v) is 5.29. The summed E-state index contributed by atoms with van der Waals surface area (Å²) in [6.07, 6.45) is 5.13. The third-order valence-corrected chi connectivity index (χ3v) is 7.02. The van der Waals surface area contributed by atoms with E-state index in [0.717, 1.165) is 48.5 Å². The number of aromatic nitrogens is 6. The number of ether oxygens (including phenoxy) is 2. The van der Waals surface area contributed by atoms with Gasteiger partial charge in [0.25, 0.3) is 0 Å². The van der Waals surface area contributed by atoms with E-state index < -0.39 is 5.97 Å². The second kappa shape index (κ2) is 9.00. The Balaban J connectivity index is 1.29. The molecular weight excluding hydrogens is 436 g/mol. The van der Waals surface area contributed by atoms with Gasteiger partial charge in [0, 0.05) is 18.9 Å². The minimum atomic E-state index is -0.673. The second-order valence-corrected chi connectivity index (χ2v) is 9.21. The number of aliphatic carboxylic acids is 1. The van der Waals surface area contributed by atoms with Crippen molar-refractivity contribution in [2.45, 2.75) is 52.2 Å². The fourth-order valence-electron chi connectivity index (χ4n) is 5.29. The maximum absolute atomic E-state index is 11.5. The lowest BCUT2D eigenvalue weighted by molar-refractivity contribution is -0.143. The maximum atomic E-state index is 11.5. The van der Waals surface area contributed by atoms with Gasteiger partial charge in [-0.3, -0.25) is 4.79 Å². The van der Waals surface area contributed by atoms with Crippen LogP contribution in [0, 0.1) is 31.6 Å². The van der Waals surface area contributed by atoms with Crippen molar-refractivity contribution in [2.75, 3.05) is 0 Å². The van der Waals surface area contributed by atoms with Gasteiger partial charge >= 0.3 is 12.0 Å². The van der Waals surface area contributed by atoms with Crippen LogP contribution in [-0.2, 0) is 18.4 Å². The van der Waals surface area contributed by atoms with E-state index in [1.165, 1.54) is 0 Å². The molecule has 4 atom stereocenters. The summed E-state index contributed by atoms with van der Waals surface area (Å²) in [6, 6.07) is 5.88. The summed E-state index contributed by atoms with van der Waals surface area (Å²) < 4.78 is 13.7. The zero-order valence-corrected chi connectivity index (χ0v) is 19.5.